The van der Waals surface area contributed by atoms with Crippen molar-refractivity contribution in [1.29, 1.82) is 5.26 Å². The first kappa shape index (κ1) is 15.5. The van der Waals surface area contributed by atoms with Crippen LogP contribution in [-0.4, -0.2) is 17.2 Å². The number of allylic oxidation sites excluding steroid dienone is 1. The van der Waals surface area contributed by atoms with Crippen molar-refractivity contribution in [2.24, 2.45) is 0 Å². The highest BCUT2D eigenvalue weighted by atomic mass is 79.9. The first-order valence-electron chi connectivity index (χ1n) is 6.66. The largest absolute Gasteiger partial charge is 0.504 e. The first-order chi connectivity index (χ1) is 11.1. The van der Waals surface area contributed by atoms with E-state index < -0.39 is 0 Å². The molecule has 0 unspecified atom stereocenters. The highest BCUT2D eigenvalue weighted by Crippen LogP contribution is 2.37. The molecule has 0 aliphatic heterocycles. The summed E-state index contributed by atoms with van der Waals surface area (Å²) in [5.74, 6) is 0.371. The number of hydrogen-bond donors (Lipinski definition) is 1. The van der Waals surface area contributed by atoms with Crippen LogP contribution >= 0.6 is 27.3 Å². The Kier molecular flexibility index (Phi) is 4.33. The molecule has 0 bridgehead atoms. The molecule has 1 aromatic heterocycles. The zero-order valence-electron chi connectivity index (χ0n) is 12.1. The molecule has 3 aromatic rings. The number of aromatic hydroxyl groups is 1. The van der Waals surface area contributed by atoms with Crippen molar-refractivity contribution >= 4 is 49.1 Å². The molecule has 0 atom stereocenters. The molecule has 23 heavy (non-hydrogen) atoms. The Labute approximate surface area is 145 Å². The molecule has 4 nitrogen and oxygen atoms in total. The number of phenols is 1. The van der Waals surface area contributed by atoms with Gasteiger partial charge < -0.3 is 9.84 Å². The fourth-order valence-corrected chi connectivity index (χ4v) is 3.74. The lowest BCUT2D eigenvalue weighted by Crippen LogP contribution is -1.87. The van der Waals surface area contributed by atoms with Crippen LogP contribution in [-0.2, 0) is 0 Å². The molecule has 2 aromatic carbocycles. The summed E-state index contributed by atoms with van der Waals surface area (Å²) >= 11 is 4.81. The molecule has 3 rings (SSSR count). The van der Waals surface area contributed by atoms with Gasteiger partial charge >= 0.3 is 0 Å². The van der Waals surface area contributed by atoms with Crippen LogP contribution in [0.4, 0.5) is 0 Å². The fraction of sp³-hybridized carbons (Fsp3) is 0.0588. The molecule has 0 aliphatic carbocycles. The average molecular weight is 387 g/mol. The van der Waals surface area contributed by atoms with Gasteiger partial charge in [-0.3, -0.25) is 0 Å². The molecule has 0 saturated carbocycles. The molecule has 0 aliphatic rings. The molecule has 0 radical (unpaired) electrons. The minimum Gasteiger partial charge on any atom is -0.504 e. The van der Waals surface area contributed by atoms with Crippen LogP contribution in [0, 0.1) is 11.3 Å². The van der Waals surface area contributed by atoms with Gasteiger partial charge in [-0.15, -0.1) is 11.3 Å². The summed E-state index contributed by atoms with van der Waals surface area (Å²) in [6.45, 7) is 0. The van der Waals surface area contributed by atoms with Gasteiger partial charge in [0.15, 0.2) is 11.5 Å². The van der Waals surface area contributed by atoms with Crippen molar-refractivity contribution in [2.45, 2.75) is 0 Å². The van der Waals surface area contributed by atoms with Crippen molar-refractivity contribution < 1.29 is 9.84 Å². The second-order valence-electron chi connectivity index (χ2n) is 4.71. The third-order valence-electron chi connectivity index (χ3n) is 3.21. The fourth-order valence-electron chi connectivity index (χ4n) is 2.18. The van der Waals surface area contributed by atoms with Gasteiger partial charge in [0.05, 0.1) is 27.4 Å². The summed E-state index contributed by atoms with van der Waals surface area (Å²) in [7, 11) is 1.48. The van der Waals surface area contributed by atoms with Gasteiger partial charge in [-0.05, 0) is 51.8 Å². The van der Waals surface area contributed by atoms with E-state index in [-0.39, 0.29) is 5.75 Å². The first-order valence-corrected chi connectivity index (χ1v) is 8.27. The number of para-hydroxylation sites is 1. The van der Waals surface area contributed by atoms with Gasteiger partial charge in [0.2, 0.25) is 0 Å². The molecule has 114 valence electrons. The predicted octanol–water partition coefficient (Wildman–Crippen LogP) is 4.84. The van der Waals surface area contributed by atoms with E-state index in [2.05, 4.69) is 27.0 Å². The number of hydrogen-bond acceptors (Lipinski definition) is 5. The van der Waals surface area contributed by atoms with Crippen LogP contribution in [0.3, 0.4) is 0 Å². The van der Waals surface area contributed by atoms with Gasteiger partial charge in [-0.1, -0.05) is 12.1 Å². The Morgan fingerprint density at radius 1 is 1.39 bits per heavy atom. The predicted molar refractivity (Wildman–Crippen MR) is 95.5 cm³/mol. The number of fused-ring (bicyclic) bond motifs is 1. The summed E-state index contributed by atoms with van der Waals surface area (Å²) in [6, 6.07) is 13.3. The lowest BCUT2D eigenvalue weighted by molar-refractivity contribution is 0.371. The normalized spacial score (nSPS) is 11.4. The smallest absolute Gasteiger partial charge is 0.174 e. The maximum absolute atomic E-state index is 9.96. The number of benzene rings is 2. The molecule has 6 heteroatoms. The molecular weight excluding hydrogens is 376 g/mol. The van der Waals surface area contributed by atoms with E-state index in [9.17, 15) is 10.4 Å². The summed E-state index contributed by atoms with van der Waals surface area (Å²) in [4.78, 5) is 4.49. The topological polar surface area (TPSA) is 66.1 Å². The Morgan fingerprint density at radius 3 is 2.83 bits per heavy atom. The minimum absolute atomic E-state index is 0.00900. The third-order valence-corrected chi connectivity index (χ3v) is 4.86. The second-order valence-corrected chi connectivity index (χ2v) is 6.60. The Morgan fingerprint density at radius 2 is 2.17 bits per heavy atom. The Hall–Kier alpha value is -2.36. The summed E-state index contributed by atoms with van der Waals surface area (Å²) < 4.78 is 6.74. The van der Waals surface area contributed by atoms with E-state index in [1.165, 1.54) is 18.4 Å². The van der Waals surface area contributed by atoms with Crippen LogP contribution < -0.4 is 4.74 Å². The molecule has 0 spiro atoms. The highest BCUT2D eigenvalue weighted by Gasteiger charge is 2.11. The van der Waals surface area contributed by atoms with Crippen LogP contribution in [0.5, 0.6) is 11.5 Å². The lowest BCUT2D eigenvalue weighted by Gasteiger charge is -2.07. The van der Waals surface area contributed by atoms with E-state index in [0.29, 0.717) is 26.4 Å². The van der Waals surface area contributed by atoms with E-state index >= 15 is 0 Å². The maximum atomic E-state index is 9.96. The monoisotopic (exact) mass is 386 g/mol. The van der Waals surface area contributed by atoms with Crippen molar-refractivity contribution in [2.75, 3.05) is 7.11 Å². The van der Waals surface area contributed by atoms with Gasteiger partial charge in [0.1, 0.15) is 11.1 Å². The van der Waals surface area contributed by atoms with Gasteiger partial charge in [0, 0.05) is 0 Å². The SMILES string of the molecule is COc1c(O)cc(/C=C(/C#N)c2nc3ccccc3s2)cc1Br. The maximum Gasteiger partial charge on any atom is 0.174 e. The second kappa shape index (κ2) is 6.41. The molecular formula is C17H11BrN2O2S. The van der Waals surface area contributed by atoms with Crippen molar-refractivity contribution in [1.82, 2.24) is 4.98 Å². The van der Waals surface area contributed by atoms with Crippen molar-refractivity contribution in [3.63, 3.8) is 0 Å². The molecule has 1 N–H and O–H groups in total. The van der Waals surface area contributed by atoms with Crippen LogP contribution in [0.25, 0.3) is 21.9 Å². The van der Waals surface area contributed by atoms with Crippen LogP contribution in [0.1, 0.15) is 10.6 Å². The number of aromatic nitrogens is 1. The van der Waals surface area contributed by atoms with Crippen molar-refractivity contribution in [3.8, 4) is 17.6 Å². The number of methoxy groups -OCH3 is 1. The van der Waals surface area contributed by atoms with E-state index in [1.54, 1.807) is 18.2 Å². The summed E-state index contributed by atoms with van der Waals surface area (Å²) in [5, 5.41) is 20.1. The molecule has 1 heterocycles. The standard InChI is InChI=1S/C17H11BrN2O2S/c1-22-16-12(18)7-10(8-14(16)21)6-11(9-19)17-20-13-4-2-3-5-15(13)23-17/h2-8,21H,1H3/b11-6-. The zero-order chi connectivity index (χ0) is 16.4. The number of halogens is 1. The quantitative estimate of drug-likeness (QED) is 0.654. The number of nitrogens with zero attached hydrogens (tertiary/aromatic N) is 2. The Balaban J connectivity index is 2.07. The zero-order valence-corrected chi connectivity index (χ0v) is 14.5. The number of rotatable bonds is 3. The number of phenolic OH excluding ortho intramolecular Hbond substituents is 1. The van der Waals surface area contributed by atoms with E-state index in [4.69, 9.17) is 4.74 Å². The van der Waals surface area contributed by atoms with E-state index in [0.717, 1.165) is 10.2 Å². The minimum atomic E-state index is 0.00900. The third kappa shape index (κ3) is 3.07. The van der Waals surface area contributed by atoms with E-state index in [1.807, 2.05) is 24.3 Å². The van der Waals surface area contributed by atoms with Crippen LogP contribution in [0.15, 0.2) is 40.9 Å². The van der Waals surface area contributed by atoms with Crippen molar-refractivity contribution in [3.05, 3.63) is 51.4 Å². The molecule has 0 amide bonds. The number of ether oxygens (including phenoxy) is 1. The molecule has 0 saturated heterocycles. The summed E-state index contributed by atoms with van der Waals surface area (Å²) in [5.41, 5.74) is 2.00. The highest BCUT2D eigenvalue weighted by molar-refractivity contribution is 9.10. The summed E-state index contributed by atoms with van der Waals surface area (Å²) in [6.07, 6.45) is 1.70. The number of thiazole rings is 1. The number of nitriles is 1. The van der Waals surface area contributed by atoms with Crippen LogP contribution in [0.2, 0.25) is 0 Å². The molecule has 0 fully saturated rings. The average Bonchev–Trinajstić information content (AvgIpc) is 2.96. The lowest BCUT2D eigenvalue weighted by atomic mass is 10.1. The van der Waals surface area contributed by atoms with Gasteiger partial charge in [0.25, 0.3) is 0 Å². The van der Waals surface area contributed by atoms with Gasteiger partial charge in [-0.2, -0.15) is 5.26 Å². The Bertz CT molecular complexity index is 901. The van der Waals surface area contributed by atoms with Gasteiger partial charge in [-0.25, -0.2) is 4.98 Å².